The maximum Gasteiger partial charge on any atom is 0.430 e. The molecule has 0 heterocycles. The summed E-state index contributed by atoms with van der Waals surface area (Å²) in [7, 11) is -4.15. The molecule has 2 aromatic carbocycles. The van der Waals surface area contributed by atoms with Gasteiger partial charge in [-0.2, -0.15) is 26.3 Å². The van der Waals surface area contributed by atoms with E-state index in [0.29, 0.717) is 25.0 Å². The van der Waals surface area contributed by atoms with Crippen LogP contribution < -0.4 is 0 Å². The summed E-state index contributed by atoms with van der Waals surface area (Å²) >= 11 is 0. The van der Waals surface area contributed by atoms with Crippen molar-refractivity contribution in [3.05, 3.63) is 78.1 Å². The normalized spacial score (nSPS) is 17.0. The number of rotatable bonds is 7. The zero-order valence-electron chi connectivity index (χ0n) is 17.7. The minimum Gasteiger partial charge on any atom is -0.350 e. The summed E-state index contributed by atoms with van der Waals surface area (Å²) in [5.74, 6) is -0.654. The lowest BCUT2D eigenvalue weighted by Gasteiger charge is -2.37. The minimum atomic E-state index is -5.86. The van der Waals surface area contributed by atoms with Gasteiger partial charge in [-0.25, -0.2) is 12.8 Å². The molecule has 0 spiro atoms. The van der Waals surface area contributed by atoms with Gasteiger partial charge in [0.05, 0.1) is 11.5 Å². The van der Waals surface area contributed by atoms with Crippen molar-refractivity contribution in [2.45, 2.75) is 53.3 Å². The van der Waals surface area contributed by atoms with E-state index in [1.54, 1.807) is 0 Å². The smallest absolute Gasteiger partial charge is 0.350 e. The lowest BCUT2D eigenvalue weighted by molar-refractivity contribution is -0.387. The lowest BCUT2D eigenvalue weighted by atomic mass is 9.88. The third kappa shape index (κ3) is 4.13. The van der Waals surface area contributed by atoms with Crippen LogP contribution in [0.25, 0.3) is 0 Å². The van der Waals surface area contributed by atoms with Crippen molar-refractivity contribution < 1.29 is 43.9 Å². The molecular formula is C23H21F7O3S. The van der Waals surface area contributed by atoms with Gasteiger partial charge >= 0.3 is 12.4 Å². The number of halogens is 7. The zero-order chi connectivity index (χ0) is 25.4. The quantitative estimate of drug-likeness (QED) is 0.240. The van der Waals surface area contributed by atoms with E-state index in [1.807, 2.05) is 0 Å². The number of ether oxygens (including phenoxy) is 1. The van der Waals surface area contributed by atoms with Crippen molar-refractivity contribution in [2.24, 2.45) is 0 Å². The summed E-state index contributed by atoms with van der Waals surface area (Å²) in [6.45, 7) is 2.08. The molecule has 3 nitrogen and oxygen atoms in total. The first-order valence-corrected chi connectivity index (χ1v) is 11.7. The third-order valence-electron chi connectivity index (χ3n) is 6.08. The van der Waals surface area contributed by atoms with Gasteiger partial charge < -0.3 is 4.74 Å². The van der Waals surface area contributed by atoms with Gasteiger partial charge in [0.25, 0.3) is 5.60 Å². The Kier molecular flexibility index (Phi) is 6.93. The summed E-state index contributed by atoms with van der Waals surface area (Å²) in [4.78, 5) is -0.186. The molecule has 0 atom stereocenters. The lowest BCUT2D eigenvalue weighted by Crippen LogP contribution is -2.56. The van der Waals surface area contributed by atoms with Crippen molar-refractivity contribution in [1.29, 1.82) is 0 Å². The van der Waals surface area contributed by atoms with Crippen LogP contribution in [-0.4, -0.2) is 27.4 Å². The summed E-state index contributed by atoms with van der Waals surface area (Å²) < 4.78 is 126. The van der Waals surface area contributed by atoms with Gasteiger partial charge in [-0.05, 0) is 42.7 Å². The highest BCUT2D eigenvalue weighted by atomic mass is 32.2. The molecule has 0 bridgehead atoms. The molecule has 0 aromatic heterocycles. The number of benzene rings is 2. The molecule has 0 amide bonds. The largest absolute Gasteiger partial charge is 0.430 e. The molecule has 11 heteroatoms. The van der Waals surface area contributed by atoms with Crippen molar-refractivity contribution in [1.82, 2.24) is 0 Å². The predicted molar refractivity (Wildman–Crippen MR) is 110 cm³/mol. The fourth-order valence-corrected chi connectivity index (χ4v) is 6.64. The zero-order valence-corrected chi connectivity index (χ0v) is 18.5. The summed E-state index contributed by atoms with van der Waals surface area (Å²) in [6, 6.07) is 7.23. The van der Waals surface area contributed by atoms with Crippen LogP contribution >= 0.6 is 0 Å². The first-order chi connectivity index (χ1) is 15.7. The molecule has 1 fully saturated rings. The minimum absolute atomic E-state index is 0.0556. The molecule has 0 N–H and O–H groups in total. The van der Waals surface area contributed by atoms with Crippen LogP contribution in [0.2, 0.25) is 0 Å². The van der Waals surface area contributed by atoms with Crippen LogP contribution in [0.5, 0.6) is 0 Å². The van der Waals surface area contributed by atoms with E-state index in [0.717, 1.165) is 42.5 Å². The fraction of sp³-hybridized carbons (Fsp3) is 0.391. The van der Waals surface area contributed by atoms with Crippen LogP contribution in [0.1, 0.15) is 36.8 Å². The number of hydrogen-bond acceptors (Lipinski definition) is 3. The van der Waals surface area contributed by atoms with Crippen LogP contribution in [0.4, 0.5) is 30.7 Å². The van der Waals surface area contributed by atoms with E-state index in [-0.39, 0.29) is 23.3 Å². The van der Waals surface area contributed by atoms with Crippen LogP contribution in [-0.2, 0) is 24.9 Å². The Morgan fingerprint density at radius 3 is 1.82 bits per heavy atom. The summed E-state index contributed by atoms with van der Waals surface area (Å²) in [5, 5.41) is 0. The molecule has 0 unspecified atom stereocenters. The fourth-order valence-electron chi connectivity index (χ4n) is 4.43. The van der Waals surface area contributed by atoms with Gasteiger partial charge in [0.15, 0.2) is 9.84 Å². The highest BCUT2D eigenvalue weighted by Gasteiger charge is 2.73. The van der Waals surface area contributed by atoms with Gasteiger partial charge in [0.1, 0.15) is 10.6 Å². The molecule has 1 aliphatic carbocycles. The van der Waals surface area contributed by atoms with Crippen molar-refractivity contribution in [3.63, 3.8) is 0 Å². The Bertz CT molecular complexity index is 1100. The van der Waals surface area contributed by atoms with E-state index < -0.39 is 50.5 Å². The van der Waals surface area contributed by atoms with Gasteiger partial charge in [-0.1, -0.05) is 43.2 Å². The van der Waals surface area contributed by atoms with Crippen LogP contribution in [0.15, 0.2) is 66.1 Å². The van der Waals surface area contributed by atoms with Gasteiger partial charge in [0.2, 0.25) is 0 Å². The average Bonchev–Trinajstić information content (AvgIpc) is 3.25. The Balaban J connectivity index is 2.15. The van der Waals surface area contributed by atoms with Gasteiger partial charge in [-0.3, -0.25) is 0 Å². The number of hydrogen-bond donors (Lipinski definition) is 0. The van der Waals surface area contributed by atoms with E-state index in [2.05, 4.69) is 11.3 Å². The van der Waals surface area contributed by atoms with Crippen LogP contribution in [0.3, 0.4) is 0 Å². The second kappa shape index (κ2) is 8.99. The predicted octanol–water partition coefficient (Wildman–Crippen LogP) is 6.59. The summed E-state index contributed by atoms with van der Waals surface area (Å²) in [6.07, 6.45) is -9.75. The SMILES string of the molecule is C=CCOC(c1ccc(C2(S(=O)(=O)c3ccc(F)cc3)CCCC2)cc1)(C(F)(F)F)C(F)(F)F. The molecule has 1 aliphatic rings. The highest BCUT2D eigenvalue weighted by Crippen LogP contribution is 2.54. The maximum absolute atomic E-state index is 13.8. The summed E-state index contributed by atoms with van der Waals surface area (Å²) in [5.41, 5.74) is -5.80. The van der Waals surface area contributed by atoms with E-state index in [4.69, 9.17) is 0 Å². The molecule has 3 rings (SSSR count). The molecule has 2 aromatic rings. The number of sulfone groups is 1. The molecule has 34 heavy (non-hydrogen) atoms. The Hall–Kier alpha value is -2.40. The molecule has 1 saturated carbocycles. The van der Waals surface area contributed by atoms with Gasteiger partial charge in [-0.15, -0.1) is 6.58 Å². The van der Waals surface area contributed by atoms with E-state index >= 15 is 0 Å². The Morgan fingerprint density at radius 1 is 0.882 bits per heavy atom. The van der Waals surface area contributed by atoms with E-state index in [9.17, 15) is 39.2 Å². The van der Waals surface area contributed by atoms with Crippen molar-refractivity contribution in [2.75, 3.05) is 6.61 Å². The molecule has 0 radical (unpaired) electrons. The second-order valence-electron chi connectivity index (χ2n) is 8.01. The highest BCUT2D eigenvalue weighted by molar-refractivity contribution is 7.92. The monoisotopic (exact) mass is 510 g/mol. The first-order valence-electron chi connectivity index (χ1n) is 10.2. The van der Waals surface area contributed by atoms with Crippen molar-refractivity contribution >= 4 is 9.84 Å². The Labute approximate surface area is 192 Å². The molecule has 0 aliphatic heterocycles. The Morgan fingerprint density at radius 2 is 1.38 bits per heavy atom. The standard InChI is InChI=1S/C23H21F7O3S/c1-2-15-33-21(22(25,26)27,23(28,29)30)17-7-5-16(6-8-17)20(13-3-4-14-20)34(31,32)19-11-9-18(24)10-12-19/h2,5-12H,1,3-4,13-15H2. The topological polar surface area (TPSA) is 43.4 Å². The third-order valence-corrected chi connectivity index (χ3v) is 8.65. The second-order valence-corrected chi connectivity index (χ2v) is 10.3. The number of alkyl halides is 6. The first kappa shape index (κ1) is 26.2. The average molecular weight is 510 g/mol. The molecule has 0 saturated heterocycles. The van der Waals surface area contributed by atoms with Crippen LogP contribution in [0, 0.1) is 5.82 Å². The van der Waals surface area contributed by atoms with Crippen molar-refractivity contribution in [3.8, 4) is 0 Å². The van der Waals surface area contributed by atoms with Gasteiger partial charge in [0, 0.05) is 5.56 Å². The molecule has 186 valence electrons. The van der Waals surface area contributed by atoms with E-state index in [1.165, 1.54) is 0 Å². The molecular weight excluding hydrogens is 489 g/mol. The maximum atomic E-state index is 13.8.